The highest BCUT2D eigenvalue weighted by atomic mass is 32.1. The number of cyclic esters (lactones) is 1. The number of fused-ring (bicyclic) bond motifs is 4. The van der Waals surface area contributed by atoms with Gasteiger partial charge in [-0.05, 0) is 89.8 Å². The van der Waals surface area contributed by atoms with Gasteiger partial charge in [0.1, 0.15) is 29.9 Å². The van der Waals surface area contributed by atoms with Crippen LogP contribution in [-0.4, -0.2) is 76.6 Å². The second-order valence-corrected chi connectivity index (χ2v) is 20.3. The Morgan fingerprint density at radius 2 is 1.46 bits per heavy atom. The molecular formula is C62H54N6O7S. The lowest BCUT2D eigenvalue weighted by molar-refractivity contribution is -0.177. The van der Waals surface area contributed by atoms with Crippen molar-refractivity contribution in [3.05, 3.63) is 227 Å². The Hall–Kier alpha value is -8.45. The first-order valence-corrected chi connectivity index (χ1v) is 26.1. The van der Waals surface area contributed by atoms with Crippen LogP contribution in [0.5, 0.6) is 5.75 Å². The highest BCUT2D eigenvalue weighted by molar-refractivity contribution is 7.22. The molecule has 0 aliphatic carbocycles. The van der Waals surface area contributed by atoms with Crippen molar-refractivity contribution in [2.75, 3.05) is 37.0 Å². The standard InChI is InChI=1S/C62H54N6O7S/c1-40(43-21-9-4-10-22-43)63-61(73)67-50-34-29-41(20-17-35-66(2)39-42-18-7-3-8-19-42)38-48(50)62(59(67)72)52(57(70)65-60-64-49-27-15-16-28-51(49)76-60)54-58(71)75-55(45-25-13-6-14-26-45)53(44-23-11-5-12-24-44)68(54)56(62)46-30-32-47(33-31-46)74-37-36-69/h3-16,18-19,21-34,38,40,52-56,69H,35-37,39H2,1-2H3,(H,63,73)(H,64,65,70)/t40-,52+,53+,54+,55-,56-,62+/m1/s1. The van der Waals surface area contributed by atoms with Crippen LogP contribution >= 0.6 is 11.3 Å². The topological polar surface area (TPSA) is 154 Å². The van der Waals surface area contributed by atoms with Crippen LogP contribution in [0.1, 0.15) is 70.1 Å². The van der Waals surface area contributed by atoms with Gasteiger partial charge in [-0.25, -0.2) is 14.7 Å². The summed E-state index contributed by atoms with van der Waals surface area (Å²) in [6, 6.07) is 54.0. The maximum Gasteiger partial charge on any atom is 0.329 e. The van der Waals surface area contributed by atoms with Gasteiger partial charge in [-0.1, -0.05) is 169 Å². The van der Waals surface area contributed by atoms with E-state index in [1.165, 1.54) is 11.3 Å². The molecule has 8 aromatic rings. The number of anilines is 2. The first-order chi connectivity index (χ1) is 37.1. The number of rotatable bonds is 13. The van der Waals surface area contributed by atoms with E-state index in [0.29, 0.717) is 46.6 Å². The molecule has 14 heteroatoms. The molecule has 0 radical (unpaired) electrons. The van der Waals surface area contributed by atoms with Crippen LogP contribution in [0, 0.1) is 17.8 Å². The minimum atomic E-state index is -2.04. The largest absolute Gasteiger partial charge is 0.491 e. The molecule has 7 atom stereocenters. The number of carbonyl (C=O) groups excluding carboxylic acids is 4. The number of nitrogens with zero attached hydrogens (tertiary/aromatic N) is 4. The molecule has 0 unspecified atom stereocenters. The van der Waals surface area contributed by atoms with Crippen LogP contribution in [-0.2, 0) is 31.1 Å². The number of aromatic nitrogens is 1. The van der Waals surface area contributed by atoms with Crippen molar-refractivity contribution in [3.63, 3.8) is 0 Å². The lowest BCUT2D eigenvalue weighted by Gasteiger charge is -2.46. The number of imide groups is 1. The first kappa shape index (κ1) is 49.7. The molecule has 76 heavy (non-hydrogen) atoms. The molecule has 0 saturated carbocycles. The van der Waals surface area contributed by atoms with Crippen molar-refractivity contribution in [2.45, 2.75) is 49.2 Å². The monoisotopic (exact) mass is 1030 g/mol. The van der Waals surface area contributed by atoms with Crippen molar-refractivity contribution >= 4 is 56.2 Å². The Morgan fingerprint density at radius 1 is 0.803 bits per heavy atom. The van der Waals surface area contributed by atoms with Gasteiger partial charge >= 0.3 is 12.0 Å². The molecule has 3 aliphatic rings. The third kappa shape index (κ3) is 9.28. The predicted molar refractivity (Wildman–Crippen MR) is 292 cm³/mol. The fraction of sp³-hybridized carbons (Fsp3) is 0.210. The van der Waals surface area contributed by atoms with Gasteiger partial charge in [0.05, 0.1) is 53.1 Å². The summed E-state index contributed by atoms with van der Waals surface area (Å²) in [7, 11) is 1.99. The minimum Gasteiger partial charge on any atom is -0.491 e. The summed E-state index contributed by atoms with van der Waals surface area (Å²) >= 11 is 1.27. The molecule has 7 aromatic carbocycles. The predicted octanol–water partition coefficient (Wildman–Crippen LogP) is 9.93. The van der Waals surface area contributed by atoms with Crippen LogP contribution in [0.2, 0.25) is 0 Å². The second-order valence-electron chi connectivity index (χ2n) is 19.3. The second kappa shape index (κ2) is 21.4. The average Bonchev–Trinajstić information content (AvgIpc) is 4.17. The van der Waals surface area contributed by atoms with Gasteiger partial charge in [-0.2, -0.15) is 0 Å². The number of hydrogen-bond acceptors (Lipinski definition) is 11. The van der Waals surface area contributed by atoms with E-state index in [0.717, 1.165) is 26.3 Å². The number of para-hydroxylation sites is 1. The van der Waals surface area contributed by atoms with Crippen LogP contribution in [0.4, 0.5) is 15.6 Å². The van der Waals surface area contributed by atoms with Gasteiger partial charge < -0.3 is 25.2 Å². The number of morpholine rings is 1. The molecule has 1 spiro atoms. The summed E-state index contributed by atoms with van der Waals surface area (Å²) in [5.41, 5.74) is 3.70. The minimum absolute atomic E-state index is 0.0405. The molecule has 4 amide bonds. The summed E-state index contributed by atoms with van der Waals surface area (Å²) in [4.78, 5) is 74.0. The zero-order valence-corrected chi connectivity index (χ0v) is 42.6. The Labute approximate surface area is 444 Å². The van der Waals surface area contributed by atoms with Crippen LogP contribution in [0.15, 0.2) is 188 Å². The zero-order chi connectivity index (χ0) is 52.3. The summed E-state index contributed by atoms with van der Waals surface area (Å²) in [6.45, 7) is 2.74. The van der Waals surface area contributed by atoms with Crippen molar-refractivity contribution in [1.29, 1.82) is 0 Å². The quantitative estimate of drug-likeness (QED) is 0.0752. The van der Waals surface area contributed by atoms with E-state index in [2.05, 4.69) is 39.5 Å². The van der Waals surface area contributed by atoms with Gasteiger partial charge in [0.2, 0.25) is 11.8 Å². The van der Waals surface area contributed by atoms with E-state index in [1.54, 1.807) is 24.3 Å². The normalized spacial score (nSPS) is 21.1. The van der Waals surface area contributed by atoms with Gasteiger partial charge in [0.25, 0.3) is 0 Å². The molecule has 2 fully saturated rings. The molecule has 4 heterocycles. The number of urea groups is 1. The summed E-state index contributed by atoms with van der Waals surface area (Å²) in [5, 5.41) is 16.2. The molecule has 380 valence electrons. The molecule has 2 saturated heterocycles. The molecule has 0 bridgehead atoms. The van der Waals surface area contributed by atoms with Gasteiger partial charge in [-0.15, -0.1) is 0 Å². The molecule has 13 nitrogen and oxygen atoms in total. The van der Waals surface area contributed by atoms with E-state index >= 15 is 19.2 Å². The van der Waals surface area contributed by atoms with Gasteiger partial charge in [0, 0.05) is 12.1 Å². The number of esters is 1. The van der Waals surface area contributed by atoms with E-state index in [4.69, 9.17) is 14.5 Å². The maximum absolute atomic E-state index is 16.9. The van der Waals surface area contributed by atoms with E-state index in [-0.39, 0.29) is 24.0 Å². The molecule has 3 aliphatic heterocycles. The Kier molecular flexibility index (Phi) is 14.0. The SMILES string of the molecule is C[C@@H](NC(=O)N1C(=O)[C@@]2(c3cc(C#CCN(C)Cc4ccccc4)ccc31)[C@H](C(=O)Nc1nc3ccccc3s1)[C@H]1C(=O)O[C@H](c3ccccc3)[C@H](c3ccccc3)N1[C@@H]2c1ccc(OCCO)cc1)c1ccccc1. The van der Waals surface area contributed by atoms with E-state index in [1.807, 2.05) is 171 Å². The number of thiazole rings is 1. The highest BCUT2D eigenvalue weighted by Crippen LogP contribution is 2.66. The highest BCUT2D eigenvalue weighted by Gasteiger charge is 2.75. The van der Waals surface area contributed by atoms with Crippen LogP contribution in [0.3, 0.4) is 0 Å². The average molecular weight is 1030 g/mol. The number of nitrogens with one attached hydrogen (secondary N) is 2. The van der Waals surface area contributed by atoms with Crippen LogP contribution < -0.4 is 20.3 Å². The van der Waals surface area contributed by atoms with Crippen molar-refractivity contribution in [3.8, 4) is 17.6 Å². The fourth-order valence-corrected chi connectivity index (χ4v) is 12.2. The van der Waals surface area contributed by atoms with Gasteiger partial charge in [0.15, 0.2) is 5.13 Å². The zero-order valence-electron chi connectivity index (χ0n) is 41.8. The molecule has 1 aromatic heterocycles. The van der Waals surface area contributed by atoms with E-state index < -0.39 is 65.4 Å². The fourth-order valence-electron chi connectivity index (χ4n) is 11.3. The van der Waals surface area contributed by atoms with Crippen molar-refractivity contribution < 1.29 is 33.8 Å². The number of benzene rings is 7. The Bertz CT molecular complexity index is 3450. The number of ether oxygens (including phenoxy) is 2. The van der Waals surface area contributed by atoms with Gasteiger partial charge in [-0.3, -0.25) is 24.2 Å². The molecule has 11 rings (SSSR count). The lowest BCUT2D eigenvalue weighted by Crippen LogP contribution is -2.55. The summed E-state index contributed by atoms with van der Waals surface area (Å²) in [6.07, 6.45) is -0.919. The summed E-state index contributed by atoms with van der Waals surface area (Å²) in [5.74, 6) is 3.48. The smallest absolute Gasteiger partial charge is 0.329 e. The number of hydrogen-bond donors (Lipinski definition) is 3. The van der Waals surface area contributed by atoms with E-state index in [9.17, 15) is 5.11 Å². The van der Waals surface area contributed by atoms with Crippen LogP contribution in [0.25, 0.3) is 10.2 Å². The van der Waals surface area contributed by atoms with Crippen molar-refractivity contribution in [1.82, 2.24) is 20.1 Å². The van der Waals surface area contributed by atoms with Crippen molar-refractivity contribution in [2.24, 2.45) is 5.92 Å². The molecular weight excluding hydrogens is 973 g/mol. The Morgan fingerprint density at radius 3 is 2.16 bits per heavy atom. The maximum atomic E-state index is 16.9. The lowest BCUT2D eigenvalue weighted by atomic mass is 9.65. The Balaban J connectivity index is 1.15. The molecule has 3 N–H and O–H groups in total. The number of carbonyl (C=O) groups is 4. The number of amides is 4. The number of aliphatic hydroxyl groups is 1. The third-order valence-electron chi connectivity index (χ3n) is 14.5. The first-order valence-electron chi connectivity index (χ1n) is 25.3. The third-order valence-corrected chi connectivity index (χ3v) is 15.5. The number of aliphatic hydroxyl groups excluding tert-OH is 1. The summed E-state index contributed by atoms with van der Waals surface area (Å²) < 4.78 is 13.4.